The van der Waals surface area contributed by atoms with E-state index in [2.05, 4.69) is 46.7 Å². The highest BCUT2D eigenvalue weighted by atomic mass is 32.1. The van der Waals surface area contributed by atoms with Crippen LogP contribution in [0.3, 0.4) is 0 Å². The predicted octanol–water partition coefficient (Wildman–Crippen LogP) is 6.53. The van der Waals surface area contributed by atoms with Crippen LogP contribution in [0.5, 0.6) is 5.88 Å². The molecule has 2 rings (SSSR count). The average Bonchev–Trinajstić information content (AvgIpc) is 3.37. The summed E-state index contributed by atoms with van der Waals surface area (Å²) in [5, 5.41) is 3.44. The van der Waals surface area contributed by atoms with Crippen LogP contribution in [0.2, 0.25) is 0 Å². The molecule has 1 unspecified atom stereocenters. The minimum atomic E-state index is -0.386. The number of unbranched alkanes of at least 4 members (excludes halogenated alkanes) is 12. The lowest BCUT2D eigenvalue weighted by atomic mass is 10.0. The van der Waals surface area contributed by atoms with Crippen molar-refractivity contribution in [2.24, 2.45) is 0 Å². The Kier molecular flexibility index (Phi) is 16.9. The maximum absolute atomic E-state index is 12.6. The molecule has 0 radical (unpaired) electrons. The molecule has 1 aromatic heterocycles. The van der Waals surface area contributed by atoms with Gasteiger partial charge >= 0.3 is 5.97 Å². The SMILES string of the molecule is CCCCCCCCCCCCCCCC(=O)OC(CNC(C)(C)C)COc1nsnc1N1CCOCC1. The van der Waals surface area contributed by atoms with Gasteiger partial charge in [-0.05, 0) is 27.2 Å². The Morgan fingerprint density at radius 1 is 0.947 bits per heavy atom. The molecule has 2 heterocycles. The minimum absolute atomic E-state index is 0.0825. The first-order valence-corrected chi connectivity index (χ1v) is 15.8. The summed E-state index contributed by atoms with van der Waals surface area (Å²) in [6, 6.07) is 0. The van der Waals surface area contributed by atoms with E-state index in [-0.39, 0.29) is 24.2 Å². The summed E-state index contributed by atoms with van der Waals surface area (Å²) in [4.78, 5) is 14.7. The van der Waals surface area contributed by atoms with E-state index in [1.165, 1.54) is 70.6 Å². The Hall–Kier alpha value is -1.45. The molecule has 0 aliphatic carbocycles. The fourth-order valence-corrected chi connectivity index (χ4v) is 5.01. The highest BCUT2D eigenvalue weighted by Crippen LogP contribution is 2.26. The number of nitrogens with one attached hydrogen (secondary N) is 1. The molecule has 1 aromatic rings. The van der Waals surface area contributed by atoms with Crippen LogP contribution in [0.1, 0.15) is 118 Å². The molecule has 1 atom stereocenters. The van der Waals surface area contributed by atoms with E-state index in [0.29, 0.717) is 32.1 Å². The fourth-order valence-electron chi connectivity index (χ4n) is 4.49. The van der Waals surface area contributed by atoms with Crippen LogP contribution in [0.4, 0.5) is 5.82 Å². The van der Waals surface area contributed by atoms with Crippen molar-refractivity contribution in [1.29, 1.82) is 0 Å². The number of rotatable bonds is 21. The van der Waals surface area contributed by atoms with Crippen LogP contribution < -0.4 is 15.0 Å². The van der Waals surface area contributed by atoms with Gasteiger partial charge in [-0.25, -0.2) is 0 Å². The van der Waals surface area contributed by atoms with Crippen LogP contribution in [0.25, 0.3) is 0 Å². The molecule has 0 spiro atoms. The van der Waals surface area contributed by atoms with E-state index in [4.69, 9.17) is 14.2 Å². The van der Waals surface area contributed by atoms with Gasteiger partial charge in [-0.2, -0.15) is 4.37 Å². The van der Waals surface area contributed by atoms with E-state index in [0.717, 1.165) is 43.5 Å². The second-order valence-electron chi connectivity index (χ2n) is 11.5. The lowest BCUT2D eigenvalue weighted by molar-refractivity contribution is -0.150. The van der Waals surface area contributed by atoms with Crippen molar-refractivity contribution in [3.8, 4) is 5.88 Å². The molecule has 0 amide bonds. The number of aromatic nitrogens is 2. The van der Waals surface area contributed by atoms with Crippen molar-refractivity contribution in [1.82, 2.24) is 14.1 Å². The second kappa shape index (κ2) is 19.6. The molecule has 1 aliphatic heterocycles. The third-order valence-corrected chi connectivity index (χ3v) is 7.30. The van der Waals surface area contributed by atoms with Gasteiger partial charge in [-0.3, -0.25) is 4.79 Å². The monoisotopic (exact) mass is 554 g/mol. The van der Waals surface area contributed by atoms with Gasteiger partial charge in [-0.1, -0.05) is 84.0 Å². The normalized spacial score (nSPS) is 15.0. The summed E-state index contributed by atoms with van der Waals surface area (Å²) >= 11 is 1.14. The first-order valence-electron chi connectivity index (χ1n) is 15.1. The van der Waals surface area contributed by atoms with Crippen LogP contribution in [-0.4, -0.2) is 65.8 Å². The molecule has 1 saturated heterocycles. The first-order chi connectivity index (χ1) is 18.4. The fraction of sp³-hybridized carbons (Fsp3) is 0.897. The van der Waals surface area contributed by atoms with Gasteiger partial charge in [0.1, 0.15) is 12.7 Å². The Morgan fingerprint density at radius 3 is 2.11 bits per heavy atom. The summed E-state index contributed by atoms with van der Waals surface area (Å²) in [5.74, 6) is 1.10. The quantitative estimate of drug-likeness (QED) is 0.136. The summed E-state index contributed by atoms with van der Waals surface area (Å²) in [6.45, 7) is 12.2. The third-order valence-electron chi connectivity index (χ3n) is 6.80. The number of hydrogen-bond acceptors (Lipinski definition) is 9. The van der Waals surface area contributed by atoms with Gasteiger partial charge in [-0.15, -0.1) is 4.37 Å². The topological polar surface area (TPSA) is 85.8 Å². The van der Waals surface area contributed by atoms with Gasteiger partial charge in [0.25, 0.3) is 5.88 Å². The summed E-state index contributed by atoms with van der Waals surface area (Å²) in [6.07, 6.45) is 16.8. The molecule has 0 saturated carbocycles. The molecule has 1 aliphatic rings. The molecular weight excluding hydrogens is 500 g/mol. The largest absolute Gasteiger partial charge is 0.470 e. The molecule has 9 heteroatoms. The molecular formula is C29H54N4O4S. The maximum atomic E-state index is 12.6. The van der Waals surface area contributed by atoms with Crippen LogP contribution >= 0.6 is 11.7 Å². The number of hydrogen-bond donors (Lipinski definition) is 1. The number of carbonyl (C=O) groups excluding carboxylic acids is 1. The Bertz CT molecular complexity index is 734. The van der Waals surface area contributed by atoms with E-state index < -0.39 is 0 Å². The lowest BCUT2D eigenvalue weighted by Gasteiger charge is -2.27. The van der Waals surface area contributed by atoms with Crippen LogP contribution in [0, 0.1) is 0 Å². The predicted molar refractivity (Wildman–Crippen MR) is 156 cm³/mol. The Morgan fingerprint density at radius 2 is 1.53 bits per heavy atom. The van der Waals surface area contributed by atoms with Crippen molar-refractivity contribution in [2.75, 3.05) is 44.4 Å². The molecule has 38 heavy (non-hydrogen) atoms. The highest BCUT2D eigenvalue weighted by Gasteiger charge is 2.23. The highest BCUT2D eigenvalue weighted by molar-refractivity contribution is 6.99. The van der Waals surface area contributed by atoms with E-state index >= 15 is 0 Å². The summed E-state index contributed by atoms with van der Waals surface area (Å²) in [5.41, 5.74) is -0.0825. The number of anilines is 1. The minimum Gasteiger partial charge on any atom is -0.470 e. The van der Waals surface area contributed by atoms with Crippen molar-refractivity contribution in [2.45, 2.75) is 129 Å². The number of nitrogens with zero attached hydrogens (tertiary/aromatic N) is 3. The van der Waals surface area contributed by atoms with Crippen molar-refractivity contribution < 1.29 is 19.0 Å². The van der Waals surface area contributed by atoms with Crippen molar-refractivity contribution >= 4 is 23.5 Å². The first kappa shape index (κ1) is 32.8. The van der Waals surface area contributed by atoms with Gasteiger partial charge in [0, 0.05) is 31.6 Å². The molecule has 220 valence electrons. The molecule has 0 bridgehead atoms. The zero-order valence-electron chi connectivity index (χ0n) is 24.6. The molecule has 0 aromatic carbocycles. The summed E-state index contributed by atoms with van der Waals surface area (Å²) in [7, 11) is 0. The van der Waals surface area contributed by atoms with E-state index in [9.17, 15) is 4.79 Å². The second-order valence-corrected chi connectivity index (χ2v) is 12.1. The average molecular weight is 555 g/mol. The van der Waals surface area contributed by atoms with Crippen LogP contribution in [0.15, 0.2) is 0 Å². The molecule has 8 nitrogen and oxygen atoms in total. The molecule has 1 fully saturated rings. The lowest BCUT2D eigenvalue weighted by Crippen LogP contribution is -2.44. The van der Waals surface area contributed by atoms with Crippen molar-refractivity contribution in [3.05, 3.63) is 0 Å². The Labute approximate surface area is 235 Å². The number of ether oxygens (including phenoxy) is 3. The standard InChI is InChI=1S/C29H54N4O4S/c1-5-6-7-8-9-10-11-12-13-14-15-16-17-18-26(34)37-25(23-30-29(2,3)4)24-36-28-27(31-38-32-28)33-19-21-35-22-20-33/h25,30H,5-24H2,1-4H3. The zero-order valence-corrected chi connectivity index (χ0v) is 25.4. The van der Waals surface area contributed by atoms with Gasteiger partial charge in [0.05, 0.1) is 24.9 Å². The van der Waals surface area contributed by atoms with E-state index in [1.807, 2.05) is 0 Å². The van der Waals surface area contributed by atoms with Crippen molar-refractivity contribution in [3.63, 3.8) is 0 Å². The summed E-state index contributed by atoms with van der Waals surface area (Å²) < 4.78 is 26.0. The third kappa shape index (κ3) is 15.2. The van der Waals surface area contributed by atoms with E-state index in [1.54, 1.807) is 0 Å². The zero-order chi connectivity index (χ0) is 27.5. The Balaban J connectivity index is 1.63. The number of carbonyl (C=O) groups is 1. The maximum Gasteiger partial charge on any atom is 0.306 e. The van der Waals surface area contributed by atoms with Gasteiger partial charge < -0.3 is 24.4 Å². The van der Waals surface area contributed by atoms with Gasteiger partial charge in [0.15, 0.2) is 0 Å². The number of esters is 1. The van der Waals surface area contributed by atoms with Crippen LogP contribution in [-0.2, 0) is 14.3 Å². The molecule has 1 N–H and O–H groups in total. The number of morpholine rings is 1. The van der Waals surface area contributed by atoms with Gasteiger partial charge in [0.2, 0.25) is 5.82 Å². The smallest absolute Gasteiger partial charge is 0.306 e.